The van der Waals surface area contributed by atoms with Gasteiger partial charge in [-0.1, -0.05) is 25.0 Å². The average Bonchev–Trinajstić information content (AvgIpc) is 2.61. The number of carbonyl (C=O) groups excluding carboxylic acids is 1. The molecule has 0 aliphatic rings. The van der Waals surface area contributed by atoms with Crippen LogP contribution in [-0.4, -0.2) is 21.3 Å². The van der Waals surface area contributed by atoms with Crippen molar-refractivity contribution in [2.45, 2.75) is 39.2 Å². The van der Waals surface area contributed by atoms with Crippen LogP contribution in [0, 0.1) is 0 Å². The number of hydrogen-bond donors (Lipinski definition) is 0. The maximum atomic E-state index is 12.6. The van der Waals surface area contributed by atoms with Crippen LogP contribution in [0.1, 0.15) is 48.8 Å². The fourth-order valence-electron chi connectivity index (χ4n) is 1.32. The highest BCUT2D eigenvalue weighted by Gasteiger charge is 2.20. The first-order valence-corrected chi connectivity index (χ1v) is 4.87. The van der Waals surface area contributed by atoms with Crippen molar-refractivity contribution in [3.8, 4) is 0 Å². The van der Waals surface area contributed by atoms with Gasteiger partial charge in [-0.2, -0.15) is 0 Å². The quantitative estimate of drug-likeness (QED) is 0.542. The lowest BCUT2D eigenvalue weighted by atomic mass is 10.2. The van der Waals surface area contributed by atoms with Crippen LogP contribution in [0.2, 0.25) is 0 Å². The van der Waals surface area contributed by atoms with Crippen molar-refractivity contribution >= 4 is 6.29 Å². The zero-order chi connectivity index (χ0) is 11.3. The van der Waals surface area contributed by atoms with Gasteiger partial charge in [0.2, 0.25) is 0 Å². The molecule has 6 heteroatoms. The molecule has 1 aromatic rings. The number of rotatable bonds is 6. The van der Waals surface area contributed by atoms with Crippen molar-refractivity contribution < 1.29 is 13.6 Å². The van der Waals surface area contributed by atoms with Crippen LogP contribution in [0.15, 0.2) is 0 Å². The highest BCUT2D eigenvalue weighted by Crippen LogP contribution is 2.20. The standard InChI is InChI=1S/C9H13F2N3O/c1-2-3-4-5-14-8(9(10)11)7(6-15)12-13-14/h6,9H,2-5H2,1H3. The lowest BCUT2D eigenvalue weighted by Gasteiger charge is -2.04. The third-order valence-electron chi connectivity index (χ3n) is 2.09. The summed E-state index contributed by atoms with van der Waals surface area (Å²) in [5.74, 6) is 0. The number of aldehydes is 1. The van der Waals surface area contributed by atoms with E-state index in [2.05, 4.69) is 10.3 Å². The Morgan fingerprint density at radius 3 is 2.73 bits per heavy atom. The summed E-state index contributed by atoms with van der Waals surface area (Å²) in [6, 6.07) is 0. The van der Waals surface area contributed by atoms with Crippen LogP contribution < -0.4 is 0 Å². The lowest BCUT2D eigenvalue weighted by Crippen LogP contribution is -2.06. The molecule has 0 aliphatic heterocycles. The van der Waals surface area contributed by atoms with Gasteiger partial charge in [0, 0.05) is 6.54 Å². The van der Waals surface area contributed by atoms with Crippen LogP contribution in [0.25, 0.3) is 0 Å². The third-order valence-corrected chi connectivity index (χ3v) is 2.09. The van der Waals surface area contributed by atoms with Crippen LogP contribution in [0.3, 0.4) is 0 Å². The molecule has 0 N–H and O–H groups in total. The van der Waals surface area contributed by atoms with E-state index in [4.69, 9.17) is 0 Å². The molecule has 0 spiro atoms. The van der Waals surface area contributed by atoms with Gasteiger partial charge in [0.15, 0.2) is 12.0 Å². The van der Waals surface area contributed by atoms with Gasteiger partial charge in [-0.3, -0.25) is 4.79 Å². The van der Waals surface area contributed by atoms with Crippen molar-refractivity contribution in [3.63, 3.8) is 0 Å². The first-order chi connectivity index (χ1) is 7.20. The summed E-state index contributed by atoms with van der Waals surface area (Å²) in [6.45, 7) is 2.40. The molecule has 0 saturated carbocycles. The monoisotopic (exact) mass is 217 g/mol. The largest absolute Gasteiger partial charge is 0.296 e. The van der Waals surface area contributed by atoms with Crippen LogP contribution >= 0.6 is 0 Å². The summed E-state index contributed by atoms with van der Waals surface area (Å²) < 4.78 is 26.2. The Morgan fingerprint density at radius 2 is 2.20 bits per heavy atom. The van der Waals surface area contributed by atoms with Gasteiger partial charge >= 0.3 is 0 Å². The Morgan fingerprint density at radius 1 is 1.47 bits per heavy atom. The topological polar surface area (TPSA) is 47.8 Å². The number of nitrogens with zero attached hydrogens (tertiary/aromatic N) is 3. The van der Waals surface area contributed by atoms with E-state index in [0.717, 1.165) is 23.9 Å². The van der Waals surface area contributed by atoms with Gasteiger partial charge in [0.05, 0.1) is 0 Å². The summed E-state index contributed by atoms with van der Waals surface area (Å²) in [7, 11) is 0. The first-order valence-electron chi connectivity index (χ1n) is 4.87. The van der Waals surface area contributed by atoms with E-state index >= 15 is 0 Å². The minimum atomic E-state index is -2.71. The Balaban J connectivity index is 2.78. The van der Waals surface area contributed by atoms with Gasteiger partial charge in [0.25, 0.3) is 6.43 Å². The molecule has 15 heavy (non-hydrogen) atoms. The van der Waals surface area contributed by atoms with Gasteiger partial charge in [-0.25, -0.2) is 13.5 Å². The average molecular weight is 217 g/mol. The summed E-state index contributed by atoms with van der Waals surface area (Å²) in [4.78, 5) is 10.4. The fourth-order valence-corrected chi connectivity index (χ4v) is 1.32. The van der Waals surface area contributed by atoms with E-state index in [1.165, 1.54) is 0 Å². The Hall–Kier alpha value is -1.33. The highest BCUT2D eigenvalue weighted by atomic mass is 19.3. The van der Waals surface area contributed by atoms with Gasteiger partial charge in [-0.15, -0.1) is 5.10 Å². The highest BCUT2D eigenvalue weighted by molar-refractivity contribution is 5.73. The molecule has 0 saturated heterocycles. The van der Waals surface area contributed by atoms with E-state index in [1.807, 2.05) is 6.92 Å². The Kier molecular flexibility index (Phi) is 4.33. The normalized spacial score (nSPS) is 10.9. The van der Waals surface area contributed by atoms with Gasteiger partial charge < -0.3 is 0 Å². The Bertz CT molecular complexity index is 325. The molecule has 0 unspecified atom stereocenters. The summed E-state index contributed by atoms with van der Waals surface area (Å²) in [5, 5.41) is 6.93. The predicted molar refractivity (Wildman–Crippen MR) is 49.9 cm³/mol. The summed E-state index contributed by atoms with van der Waals surface area (Å²) >= 11 is 0. The number of aryl methyl sites for hydroxylation is 1. The molecule has 0 atom stereocenters. The Labute approximate surface area is 86.3 Å². The molecule has 0 aliphatic carbocycles. The lowest BCUT2D eigenvalue weighted by molar-refractivity contribution is 0.109. The number of hydrogen-bond acceptors (Lipinski definition) is 3. The molecule has 0 aromatic carbocycles. The van der Waals surface area contributed by atoms with E-state index in [1.54, 1.807) is 0 Å². The van der Waals surface area contributed by atoms with E-state index < -0.39 is 6.43 Å². The zero-order valence-electron chi connectivity index (χ0n) is 8.49. The summed E-state index contributed by atoms with van der Waals surface area (Å²) in [6.07, 6.45) is 0.308. The number of halogens is 2. The summed E-state index contributed by atoms with van der Waals surface area (Å²) in [5.41, 5.74) is -0.636. The minimum Gasteiger partial charge on any atom is -0.296 e. The van der Waals surface area contributed by atoms with E-state index in [0.29, 0.717) is 12.8 Å². The number of alkyl halides is 2. The smallest absolute Gasteiger partial charge is 0.282 e. The number of unbranched alkanes of at least 4 members (excludes halogenated alkanes) is 2. The molecule has 84 valence electrons. The van der Waals surface area contributed by atoms with E-state index in [-0.39, 0.29) is 11.4 Å². The van der Waals surface area contributed by atoms with Crippen LogP contribution in [-0.2, 0) is 6.54 Å². The van der Waals surface area contributed by atoms with Crippen molar-refractivity contribution in [2.75, 3.05) is 0 Å². The van der Waals surface area contributed by atoms with Crippen LogP contribution in [0.4, 0.5) is 8.78 Å². The zero-order valence-corrected chi connectivity index (χ0v) is 8.49. The first kappa shape index (κ1) is 11.7. The molecule has 0 radical (unpaired) electrons. The van der Waals surface area contributed by atoms with Crippen LogP contribution in [0.5, 0.6) is 0 Å². The molecule has 4 nitrogen and oxygen atoms in total. The number of carbonyl (C=O) groups is 1. The third kappa shape index (κ3) is 2.81. The second kappa shape index (κ2) is 5.53. The molecule has 0 fully saturated rings. The molecular weight excluding hydrogens is 204 g/mol. The molecule has 0 amide bonds. The molecular formula is C9H13F2N3O. The maximum absolute atomic E-state index is 12.6. The molecule has 0 bridgehead atoms. The fraction of sp³-hybridized carbons (Fsp3) is 0.667. The van der Waals surface area contributed by atoms with Gasteiger partial charge in [0.1, 0.15) is 5.69 Å². The SMILES string of the molecule is CCCCCn1nnc(C=O)c1C(F)F. The molecule has 1 heterocycles. The predicted octanol–water partition coefficient (Wildman–Crippen LogP) is 2.22. The number of aromatic nitrogens is 3. The van der Waals surface area contributed by atoms with Crippen molar-refractivity contribution in [1.82, 2.24) is 15.0 Å². The second-order valence-electron chi connectivity index (χ2n) is 3.21. The molecule has 1 rings (SSSR count). The molecule has 1 aromatic heterocycles. The maximum Gasteiger partial charge on any atom is 0.282 e. The van der Waals surface area contributed by atoms with Crippen molar-refractivity contribution in [1.29, 1.82) is 0 Å². The van der Waals surface area contributed by atoms with Crippen molar-refractivity contribution in [2.24, 2.45) is 0 Å². The van der Waals surface area contributed by atoms with E-state index in [9.17, 15) is 13.6 Å². The van der Waals surface area contributed by atoms with Gasteiger partial charge in [-0.05, 0) is 6.42 Å². The minimum absolute atomic E-state index is 0.263. The second-order valence-corrected chi connectivity index (χ2v) is 3.21. The van der Waals surface area contributed by atoms with Crippen molar-refractivity contribution in [3.05, 3.63) is 11.4 Å².